The van der Waals surface area contributed by atoms with Crippen molar-refractivity contribution < 1.29 is 4.79 Å². The van der Waals surface area contributed by atoms with Gasteiger partial charge in [-0.05, 0) is 36.9 Å². The lowest BCUT2D eigenvalue weighted by atomic mass is 10.2. The van der Waals surface area contributed by atoms with Crippen LogP contribution in [0, 0.1) is 0 Å². The maximum atomic E-state index is 11.4. The normalized spacial score (nSPS) is 10.6. The lowest BCUT2D eigenvalue weighted by Gasteiger charge is -2.06. The molecule has 0 saturated heterocycles. The molecule has 1 aromatic carbocycles. The van der Waals surface area contributed by atoms with E-state index in [-0.39, 0.29) is 5.69 Å². The highest BCUT2D eigenvalue weighted by Gasteiger charge is 2.12. The fourth-order valence-corrected chi connectivity index (χ4v) is 2.52. The molecular weight excluding hydrogens is 266 g/mol. The first-order chi connectivity index (χ1) is 9.02. The number of aromatic amines is 1. The number of carbonyl (C=O) groups excluding carboxylic acids is 1. The summed E-state index contributed by atoms with van der Waals surface area (Å²) in [5.41, 5.74) is 11.6. The van der Waals surface area contributed by atoms with Gasteiger partial charge in [-0.25, -0.2) is 9.89 Å². The maximum Gasteiger partial charge on any atom is 0.343 e. The van der Waals surface area contributed by atoms with E-state index >= 15 is 0 Å². The van der Waals surface area contributed by atoms with Crippen molar-refractivity contribution in [1.82, 2.24) is 14.8 Å². The first kappa shape index (κ1) is 13.2. The van der Waals surface area contributed by atoms with Gasteiger partial charge in [0.05, 0.1) is 0 Å². The van der Waals surface area contributed by atoms with Gasteiger partial charge in [0, 0.05) is 22.7 Å². The number of aromatic nitrogens is 3. The Morgan fingerprint density at radius 3 is 2.89 bits per heavy atom. The fourth-order valence-electron chi connectivity index (χ4n) is 1.53. The molecule has 0 fully saturated rings. The van der Waals surface area contributed by atoms with Crippen LogP contribution in [0.4, 0.5) is 5.69 Å². The third kappa shape index (κ3) is 2.63. The molecule has 1 amide bonds. The minimum Gasteiger partial charge on any atom is -0.398 e. The molecule has 0 spiro atoms. The Hall–Kier alpha value is -2.22. The summed E-state index contributed by atoms with van der Waals surface area (Å²) in [6.07, 6.45) is 0. The van der Waals surface area contributed by atoms with E-state index in [1.54, 1.807) is 18.2 Å². The molecule has 0 unspecified atom stereocenters. The second-order valence-electron chi connectivity index (χ2n) is 3.77. The van der Waals surface area contributed by atoms with Crippen LogP contribution >= 0.6 is 11.8 Å². The molecule has 19 heavy (non-hydrogen) atoms. The van der Waals surface area contributed by atoms with E-state index in [0.29, 0.717) is 27.8 Å². The van der Waals surface area contributed by atoms with Gasteiger partial charge >= 0.3 is 5.69 Å². The molecule has 0 aliphatic carbocycles. The molecule has 0 aliphatic rings. The first-order valence-corrected chi connectivity index (χ1v) is 6.37. The molecule has 100 valence electrons. The Labute approximate surface area is 113 Å². The van der Waals surface area contributed by atoms with Crippen molar-refractivity contribution >= 4 is 23.4 Å². The highest BCUT2D eigenvalue weighted by Crippen LogP contribution is 2.30. The number of H-pyrrole nitrogens is 1. The van der Waals surface area contributed by atoms with Crippen molar-refractivity contribution in [3.05, 3.63) is 34.2 Å². The molecule has 0 saturated carbocycles. The van der Waals surface area contributed by atoms with Crippen molar-refractivity contribution in [2.24, 2.45) is 5.73 Å². The Balaban J connectivity index is 2.40. The van der Waals surface area contributed by atoms with Gasteiger partial charge in [0.25, 0.3) is 0 Å². The molecule has 1 aromatic heterocycles. The Morgan fingerprint density at radius 2 is 2.26 bits per heavy atom. The van der Waals surface area contributed by atoms with Crippen LogP contribution in [0.2, 0.25) is 0 Å². The number of nitrogen functional groups attached to an aromatic ring is 1. The minimum atomic E-state index is -0.531. The van der Waals surface area contributed by atoms with Gasteiger partial charge in [-0.15, -0.1) is 5.10 Å². The number of carbonyl (C=O) groups is 1. The van der Waals surface area contributed by atoms with E-state index in [2.05, 4.69) is 10.2 Å². The van der Waals surface area contributed by atoms with Gasteiger partial charge in [0.1, 0.15) is 0 Å². The minimum absolute atomic E-state index is 0.283. The van der Waals surface area contributed by atoms with Crippen LogP contribution in [0.5, 0.6) is 0 Å². The molecule has 8 heteroatoms. The maximum absolute atomic E-state index is 11.4. The van der Waals surface area contributed by atoms with Crippen LogP contribution in [0.15, 0.2) is 33.0 Å². The summed E-state index contributed by atoms with van der Waals surface area (Å²) in [6.45, 7) is 2.33. The Kier molecular flexibility index (Phi) is 3.61. The molecule has 0 atom stereocenters. The quantitative estimate of drug-likeness (QED) is 0.701. The number of benzene rings is 1. The predicted octanol–water partition coefficient (Wildman–Crippen LogP) is 0.424. The molecular formula is C11H13N5O2S. The summed E-state index contributed by atoms with van der Waals surface area (Å²) in [5, 5.41) is 6.77. The summed E-state index contributed by atoms with van der Waals surface area (Å²) < 4.78 is 1.47. The summed E-state index contributed by atoms with van der Waals surface area (Å²) in [6, 6.07) is 4.74. The number of nitrogens with one attached hydrogen (secondary N) is 1. The zero-order valence-corrected chi connectivity index (χ0v) is 11.0. The van der Waals surface area contributed by atoms with E-state index in [1.807, 2.05) is 6.92 Å². The smallest absolute Gasteiger partial charge is 0.343 e. The zero-order chi connectivity index (χ0) is 14.0. The number of hydrogen-bond donors (Lipinski definition) is 3. The Bertz CT molecular complexity index is 676. The fraction of sp³-hybridized carbons (Fsp3) is 0.182. The topological polar surface area (TPSA) is 120 Å². The summed E-state index contributed by atoms with van der Waals surface area (Å²) >= 11 is 1.21. The number of primary amides is 1. The second kappa shape index (κ2) is 5.19. The van der Waals surface area contributed by atoms with Gasteiger partial charge in [-0.2, -0.15) is 0 Å². The molecule has 0 aliphatic heterocycles. The molecule has 2 rings (SSSR count). The third-order valence-electron chi connectivity index (χ3n) is 2.54. The number of anilines is 1. The van der Waals surface area contributed by atoms with Crippen molar-refractivity contribution in [2.75, 3.05) is 5.73 Å². The summed E-state index contributed by atoms with van der Waals surface area (Å²) in [5.74, 6) is -0.531. The molecule has 0 bridgehead atoms. The number of nitrogens with two attached hydrogens (primary N) is 2. The standard InChI is InChI=1S/C11H13N5O2S/c1-2-16-10(18)14-15-11(16)19-8-5-6(9(13)17)3-4-7(8)12/h3-5H,2,12H2,1H3,(H2,13,17)(H,14,18). The van der Waals surface area contributed by atoms with Crippen molar-refractivity contribution in [2.45, 2.75) is 23.5 Å². The average molecular weight is 279 g/mol. The van der Waals surface area contributed by atoms with E-state index in [9.17, 15) is 9.59 Å². The molecule has 5 N–H and O–H groups in total. The SMILES string of the molecule is CCn1c(Sc2cc(C(N)=O)ccc2N)n[nH]c1=O. The average Bonchev–Trinajstić information content (AvgIpc) is 2.72. The largest absolute Gasteiger partial charge is 0.398 e. The van der Waals surface area contributed by atoms with Crippen LogP contribution in [-0.2, 0) is 6.54 Å². The number of hydrogen-bond acceptors (Lipinski definition) is 5. The molecule has 2 aromatic rings. The van der Waals surface area contributed by atoms with Crippen molar-refractivity contribution in [1.29, 1.82) is 0 Å². The van der Waals surface area contributed by atoms with Crippen LogP contribution in [0.1, 0.15) is 17.3 Å². The highest BCUT2D eigenvalue weighted by molar-refractivity contribution is 7.99. The van der Waals surface area contributed by atoms with Crippen LogP contribution in [-0.4, -0.2) is 20.7 Å². The Morgan fingerprint density at radius 1 is 1.53 bits per heavy atom. The number of nitrogens with zero attached hydrogens (tertiary/aromatic N) is 2. The first-order valence-electron chi connectivity index (χ1n) is 5.55. The van der Waals surface area contributed by atoms with Gasteiger partial charge in [0.15, 0.2) is 5.16 Å². The monoisotopic (exact) mass is 279 g/mol. The van der Waals surface area contributed by atoms with E-state index < -0.39 is 5.91 Å². The third-order valence-corrected chi connectivity index (χ3v) is 3.61. The number of rotatable bonds is 4. The van der Waals surface area contributed by atoms with Gasteiger partial charge in [0.2, 0.25) is 5.91 Å². The van der Waals surface area contributed by atoms with Gasteiger partial charge in [-0.3, -0.25) is 9.36 Å². The molecule has 7 nitrogen and oxygen atoms in total. The van der Waals surface area contributed by atoms with Crippen molar-refractivity contribution in [3.63, 3.8) is 0 Å². The van der Waals surface area contributed by atoms with E-state index in [4.69, 9.17) is 11.5 Å². The number of amides is 1. The predicted molar refractivity (Wildman–Crippen MR) is 72.0 cm³/mol. The van der Waals surface area contributed by atoms with E-state index in [0.717, 1.165) is 0 Å². The summed E-state index contributed by atoms with van der Waals surface area (Å²) in [4.78, 5) is 23.2. The summed E-state index contributed by atoms with van der Waals surface area (Å²) in [7, 11) is 0. The molecule has 0 radical (unpaired) electrons. The lowest BCUT2D eigenvalue weighted by Crippen LogP contribution is -2.16. The second-order valence-corrected chi connectivity index (χ2v) is 4.78. The van der Waals surface area contributed by atoms with Gasteiger partial charge < -0.3 is 11.5 Å². The zero-order valence-electron chi connectivity index (χ0n) is 10.2. The van der Waals surface area contributed by atoms with Gasteiger partial charge in [-0.1, -0.05) is 0 Å². The van der Waals surface area contributed by atoms with Crippen LogP contribution in [0.25, 0.3) is 0 Å². The van der Waals surface area contributed by atoms with E-state index in [1.165, 1.54) is 16.3 Å². The molecule has 1 heterocycles. The van der Waals surface area contributed by atoms with Crippen LogP contribution in [0.3, 0.4) is 0 Å². The lowest BCUT2D eigenvalue weighted by molar-refractivity contribution is 0.1000. The highest BCUT2D eigenvalue weighted by atomic mass is 32.2. The van der Waals surface area contributed by atoms with Crippen LogP contribution < -0.4 is 17.2 Å². The van der Waals surface area contributed by atoms with Crippen molar-refractivity contribution in [3.8, 4) is 0 Å².